The Morgan fingerprint density at radius 3 is 1.98 bits per heavy atom. The van der Waals surface area contributed by atoms with Crippen LogP contribution in [0, 0.1) is 10.1 Å². The molecular weight excluding hydrogens is 594 g/mol. The molecule has 17 heteroatoms. The molecule has 1 aliphatic rings. The molecule has 0 bridgehead atoms. The molecule has 44 heavy (non-hydrogen) atoms. The standard InChI is InChI=1S/C27H27NO16/c1-13(29)39-21-22(40-14(2)30)24(41-15(3)31)26(44-23(21)25(33)37-4)42-19-8-5-16(20(32)11-19)12-38-27(34)43-18-9-6-17(7-10-18)28(35)36/h5-11,21-24,26,32H,12H2,1-4H3/t21-,22-,23-,24+,26+/m0/s1. The van der Waals surface area contributed by atoms with Crippen molar-refractivity contribution in [3.8, 4) is 17.2 Å². The summed E-state index contributed by atoms with van der Waals surface area (Å²) in [4.78, 5) is 70.3. The number of aromatic hydroxyl groups is 1. The normalized spacial score (nSPS) is 20.8. The molecule has 236 valence electrons. The van der Waals surface area contributed by atoms with Gasteiger partial charge in [-0.25, -0.2) is 9.59 Å². The van der Waals surface area contributed by atoms with Gasteiger partial charge in [0, 0.05) is 44.5 Å². The monoisotopic (exact) mass is 621 g/mol. The lowest BCUT2D eigenvalue weighted by atomic mass is 9.97. The fourth-order valence-corrected chi connectivity index (χ4v) is 3.95. The van der Waals surface area contributed by atoms with Crippen molar-refractivity contribution in [3.63, 3.8) is 0 Å². The first-order valence-corrected chi connectivity index (χ1v) is 12.6. The largest absolute Gasteiger partial charge is 0.514 e. The summed E-state index contributed by atoms with van der Waals surface area (Å²) in [5, 5.41) is 21.2. The van der Waals surface area contributed by atoms with Gasteiger partial charge in [0.1, 0.15) is 23.9 Å². The van der Waals surface area contributed by atoms with Crippen LogP contribution in [-0.2, 0) is 54.2 Å². The van der Waals surface area contributed by atoms with Crippen LogP contribution >= 0.6 is 0 Å². The van der Waals surface area contributed by atoms with Gasteiger partial charge in [-0.3, -0.25) is 24.5 Å². The van der Waals surface area contributed by atoms with E-state index in [1.165, 1.54) is 24.3 Å². The van der Waals surface area contributed by atoms with E-state index in [4.69, 9.17) is 37.9 Å². The van der Waals surface area contributed by atoms with Crippen LogP contribution in [-0.4, -0.2) is 77.9 Å². The number of hydrogen-bond acceptors (Lipinski definition) is 16. The van der Waals surface area contributed by atoms with Crippen molar-refractivity contribution in [2.45, 2.75) is 58.1 Å². The van der Waals surface area contributed by atoms with E-state index < -0.39 is 78.0 Å². The lowest BCUT2D eigenvalue weighted by molar-refractivity contribution is -0.384. The lowest BCUT2D eigenvalue weighted by Gasteiger charge is -2.43. The zero-order chi connectivity index (χ0) is 32.6. The molecule has 5 atom stereocenters. The van der Waals surface area contributed by atoms with Gasteiger partial charge in [0.05, 0.1) is 12.0 Å². The number of nitrogens with zero attached hydrogens (tertiary/aromatic N) is 1. The third-order valence-electron chi connectivity index (χ3n) is 5.74. The smallest absolute Gasteiger partial charge is 0.507 e. The summed E-state index contributed by atoms with van der Waals surface area (Å²) in [5.74, 6) is -4.18. The topological polar surface area (TPSA) is 223 Å². The first-order valence-electron chi connectivity index (χ1n) is 12.6. The zero-order valence-electron chi connectivity index (χ0n) is 23.7. The molecule has 1 N–H and O–H groups in total. The summed E-state index contributed by atoms with van der Waals surface area (Å²) < 4.78 is 41.8. The molecule has 2 aromatic carbocycles. The maximum atomic E-state index is 12.5. The van der Waals surface area contributed by atoms with Crippen LogP contribution in [0.4, 0.5) is 10.5 Å². The Balaban J connectivity index is 1.78. The Kier molecular flexibility index (Phi) is 11.0. The van der Waals surface area contributed by atoms with Crippen molar-refractivity contribution in [2.24, 2.45) is 0 Å². The summed E-state index contributed by atoms with van der Waals surface area (Å²) in [7, 11) is 1.03. The Hall–Kier alpha value is -5.45. The molecular formula is C27H27NO16. The Morgan fingerprint density at radius 2 is 1.43 bits per heavy atom. The minimum Gasteiger partial charge on any atom is -0.507 e. The number of hydrogen-bond donors (Lipinski definition) is 1. The highest BCUT2D eigenvalue weighted by Gasteiger charge is 2.55. The number of esters is 4. The number of benzene rings is 2. The van der Waals surface area contributed by atoms with E-state index in [0.717, 1.165) is 46.1 Å². The first kappa shape index (κ1) is 33.1. The van der Waals surface area contributed by atoms with E-state index in [0.29, 0.717) is 0 Å². The van der Waals surface area contributed by atoms with Crippen LogP contribution in [0.1, 0.15) is 26.3 Å². The number of non-ortho nitro benzene ring substituents is 1. The molecule has 0 aliphatic carbocycles. The van der Waals surface area contributed by atoms with Gasteiger partial charge in [0.2, 0.25) is 12.4 Å². The fourth-order valence-electron chi connectivity index (χ4n) is 3.95. The summed E-state index contributed by atoms with van der Waals surface area (Å²) in [6.07, 6.45) is -9.24. The van der Waals surface area contributed by atoms with Crippen molar-refractivity contribution in [1.29, 1.82) is 0 Å². The molecule has 1 fully saturated rings. The van der Waals surface area contributed by atoms with Crippen LogP contribution in [0.25, 0.3) is 0 Å². The van der Waals surface area contributed by atoms with Gasteiger partial charge < -0.3 is 43.0 Å². The van der Waals surface area contributed by atoms with E-state index in [1.807, 2.05) is 0 Å². The second kappa shape index (κ2) is 14.6. The summed E-state index contributed by atoms with van der Waals surface area (Å²) in [6.45, 7) is 2.65. The predicted octanol–water partition coefficient (Wildman–Crippen LogP) is 2.09. The molecule has 0 aromatic heterocycles. The maximum Gasteiger partial charge on any atom is 0.514 e. The van der Waals surface area contributed by atoms with Gasteiger partial charge in [0.15, 0.2) is 18.3 Å². The highest BCUT2D eigenvalue weighted by molar-refractivity contribution is 5.77. The van der Waals surface area contributed by atoms with Crippen molar-refractivity contribution in [1.82, 2.24) is 0 Å². The molecule has 0 spiro atoms. The molecule has 1 aliphatic heterocycles. The second-order valence-electron chi connectivity index (χ2n) is 8.97. The van der Waals surface area contributed by atoms with E-state index in [2.05, 4.69) is 0 Å². The predicted molar refractivity (Wildman–Crippen MR) is 140 cm³/mol. The Labute approximate surface area is 248 Å². The number of methoxy groups -OCH3 is 1. The van der Waals surface area contributed by atoms with Crippen LogP contribution in [0.15, 0.2) is 42.5 Å². The molecule has 0 radical (unpaired) electrons. The molecule has 0 saturated carbocycles. The molecule has 2 aromatic rings. The quantitative estimate of drug-likeness (QED) is 0.132. The molecule has 1 heterocycles. The first-order chi connectivity index (χ1) is 20.8. The van der Waals surface area contributed by atoms with Crippen molar-refractivity contribution in [3.05, 3.63) is 58.1 Å². The number of carbonyl (C=O) groups is 5. The molecule has 1 saturated heterocycles. The number of phenolic OH excluding ortho intramolecular Hbond substituents is 1. The van der Waals surface area contributed by atoms with E-state index in [1.54, 1.807) is 0 Å². The number of phenols is 1. The molecule has 17 nitrogen and oxygen atoms in total. The van der Waals surface area contributed by atoms with Gasteiger partial charge in [-0.1, -0.05) is 0 Å². The van der Waals surface area contributed by atoms with Crippen molar-refractivity contribution >= 4 is 35.7 Å². The highest BCUT2D eigenvalue weighted by atomic mass is 16.7. The van der Waals surface area contributed by atoms with E-state index in [-0.39, 0.29) is 22.7 Å². The SMILES string of the molecule is COC(=O)[C@H]1O[C@@H](Oc2ccc(COC(=O)Oc3ccc([N+](=O)[O-])cc3)c(O)c2)[C@H](OC(C)=O)[C@@H](OC(C)=O)[C@@H]1OC(C)=O. The number of carbonyl (C=O) groups excluding carboxylic acids is 5. The number of ether oxygens (including phenoxy) is 8. The highest BCUT2D eigenvalue weighted by Crippen LogP contribution is 2.33. The summed E-state index contributed by atoms with van der Waals surface area (Å²) in [5.41, 5.74) is -0.109. The Morgan fingerprint density at radius 1 is 0.864 bits per heavy atom. The van der Waals surface area contributed by atoms with E-state index in [9.17, 15) is 39.2 Å². The second-order valence-corrected chi connectivity index (χ2v) is 8.97. The fraction of sp³-hybridized carbons (Fsp3) is 0.370. The van der Waals surface area contributed by atoms with Gasteiger partial charge in [-0.2, -0.15) is 0 Å². The minimum atomic E-state index is -1.69. The minimum absolute atomic E-state index is 0.0170. The Bertz CT molecular complexity index is 1410. The number of nitro benzene ring substituents is 1. The number of rotatable bonds is 10. The third kappa shape index (κ3) is 8.78. The summed E-state index contributed by atoms with van der Waals surface area (Å²) >= 11 is 0. The van der Waals surface area contributed by atoms with Crippen molar-refractivity contribution < 1.29 is 71.9 Å². The lowest BCUT2D eigenvalue weighted by Crippen LogP contribution is -2.64. The zero-order valence-corrected chi connectivity index (χ0v) is 23.7. The van der Waals surface area contributed by atoms with Crippen molar-refractivity contribution in [2.75, 3.05) is 7.11 Å². The third-order valence-corrected chi connectivity index (χ3v) is 5.74. The van der Waals surface area contributed by atoms with Gasteiger partial charge in [0.25, 0.3) is 5.69 Å². The average molecular weight is 622 g/mol. The molecule has 0 amide bonds. The van der Waals surface area contributed by atoms with Gasteiger partial charge in [-0.05, 0) is 24.3 Å². The van der Waals surface area contributed by atoms with Crippen LogP contribution in [0.3, 0.4) is 0 Å². The van der Waals surface area contributed by atoms with Crippen LogP contribution in [0.5, 0.6) is 17.2 Å². The molecule has 3 rings (SSSR count). The van der Waals surface area contributed by atoms with E-state index >= 15 is 0 Å². The average Bonchev–Trinajstić information content (AvgIpc) is 2.94. The molecule has 0 unspecified atom stereocenters. The van der Waals surface area contributed by atoms with Crippen LogP contribution in [0.2, 0.25) is 0 Å². The number of nitro groups is 1. The van der Waals surface area contributed by atoms with Crippen LogP contribution < -0.4 is 9.47 Å². The van der Waals surface area contributed by atoms with Gasteiger partial charge >= 0.3 is 30.0 Å². The summed E-state index contributed by atoms with van der Waals surface area (Å²) in [6, 6.07) is 8.36. The van der Waals surface area contributed by atoms with Gasteiger partial charge in [-0.15, -0.1) is 0 Å². The maximum absolute atomic E-state index is 12.5.